The Kier molecular flexibility index (Phi) is 4.74. The molecule has 4 nitrogen and oxygen atoms in total. The van der Waals surface area contributed by atoms with Crippen LogP contribution in [0.2, 0.25) is 0 Å². The van der Waals surface area contributed by atoms with Crippen molar-refractivity contribution < 1.29 is 9.90 Å². The first-order valence-electron chi connectivity index (χ1n) is 7.97. The first-order valence-corrected chi connectivity index (χ1v) is 7.97. The fourth-order valence-corrected chi connectivity index (χ4v) is 3.01. The summed E-state index contributed by atoms with van der Waals surface area (Å²) < 4.78 is 0. The molecule has 1 heterocycles. The van der Waals surface area contributed by atoms with Crippen LogP contribution < -0.4 is 10.6 Å². The van der Waals surface area contributed by atoms with Crippen LogP contribution in [0.15, 0.2) is 48.5 Å². The fourth-order valence-electron chi connectivity index (χ4n) is 3.01. The minimum absolute atomic E-state index is 0.0397. The van der Waals surface area contributed by atoms with Gasteiger partial charge in [0.25, 0.3) is 5.91 Å². The van der Waals surface area contributed by atoms with Gasteiger partial charge in [-0.1, -0.05) is 42.5 Å². The van der Waals surface area contributed by atoms with E-state index in [1.807, 2.05) is 37.3 Å². The molecule has 1 aliphatic rings. The maximum Gasteiger partial charge on any atom is 0.251 e. The number of hydrogen-bond acceptors (Lipinski definition) is 3. The zero-order valence-electron chi connectivity index (χ0n) is 13.3. The Hall–Kier alpha value is -2.17. The Morgan fingerprint density at radius 1 is 1.22 bits per heavy atom. The average molecular weight is 310 g/mol. The van der Waals surface area contributed by atoms with Crippen molar-refractivity contribution in [3.8, 4) is 0 Å². The van der Waals surface area contributed by atoms with Crippen LogP contribution in [0.3, 0.4) is 0 Å². The van der Waals surface area contributed by atoms with E-state index in [1.54, 1.807) is 6.07 Å². The highest BCUT2D eigenvalue weighted by atomic mass is 16.3. The fraction of sp³-hybridized carbons (Fsp3) is 0.316. The standard InChI is InChI=1S/C19H22N2O2/c1-13-6-2-5-9-16(13)19(23)21-12-18(22)17-10-14-7-3-4-8-15(14)11-20-17/h2-9,17-18,20,22H,10-12H2,1H3,(H,21,23)/t17-,18?/m0/s1. The average Bonchev–Trinajstić information content (AvgIpc) is 2.59. The van der Waals surface area contributed by atoms with Crippen LogP contribution in [-0.4, -0.2) is 29.7 Å². The molecule has 0 bridgehead atoms. The van der Waals surface area contributed by atoms with E-state index in [-0.39, 0.29) is 18.5 Å². The van der Waals surface area contributed by atoms with Crippen molar-refractivity contribution in [1.82, 2.24) is 10.6 Å². The van der Waals surface area contributed by atoms with Gasteiger partial charge < -0.3 is 15.7 Å². The third-order valence-electron chi connectivity index (χ3n) is 4.44. The number of aliphatic hydroxyl groups excluding tert-OH is 1. The molecular formula is C19H22N2O2. The van der Waals surface area contributed by atoms with E-state index in [0.29, 0.717) is 5.56 Å². The van der Waals surface area contributed by atoms with Gasteiger partial charge in [-0.25, -0.2) is 0 Å². The summed E-state index contributed by atoms with van der Waals surface area (Å²) in [5.41, 5.74) is 4.13. The van der Waals surface area contributed by atoms with Crippen LogP contribution in [-0.2, 0) is 13.0 Å². The maximum absolute atomic E-state index is 12.2. The molecule has 0 saturated carbocycles. The van der Waals surface area contributed by atoms with Gasteiger partial charge in [0.15, 0.2) is 0 Å². The molecular weight excluding hydrogens is 288 g/mol. The number of carbonyl (C=O) groups excluding carboxylic acids is 1. The second-order valence-electron chi connectivity index (χ2n) is 6.05. The zero-order chi connectivity index (χ0) is 16.2. The predicted molar refractivity (Wildman–Crippen MR) is 90.3 cm³/mol. The van der Waals surface area contributed by atoms with Crippen LogP contribution in [0.1, 0.15) is 27.0 Å². The number of carbonyl (C=O) groups is 1. The topological polar surface area (TPSA) is 61.4 Å². The van der Waals surface area contributed by atoms with Crippen molar-refractivity contribution in [2.24, 2.45) is 0 Å². The van der Waals surface area contributed by atoms with Crippen molar-refractivity contribution in [2.45, 2.75) is 32.0 Å². The van der Waals surface area contributed by atoms with Crippen LogP contribution in [0.5, 0.6) is 0 Å². The van der Waals surface area contributed by atoms with Crippen LogP contribution in [0.25, 0.3) is 0 Å². The number of aliphatic hydroxyl groups is 1. The SMILES string of the molecule is Cc1ccccc1C(=O)NCC(O)[C@@H]1Cc2ccccc2CN1. The van der Waals surface area contributed by atoms with Gasteiger partial charge in [0.2, 0.25) is 0 Å². The maximum atomic E-state index is 12.2. The lowest BCUT2D eigenvalue weighted by Gasteiger charge is -2.30. The van der Waals surface area contributed by atoms with Gasteiger partial charge in [0, 0.05) is 24.7 Å². The highest BCUT2D eigenvalue weighted by molar-refractivity contribution is 5.95. The minimum Gasteiger partial charge on any atom is -0.390 e. The van der Waals surface area contributed by atoms with E-state index in [4.69, 9.17) is 0 Å². The zero-order valence-corrected chi connectivity index (χ0v) is 13.3. The summed E-state index contributed by atoms with van der Waals surface area (Å²) in [4.78, 5) is 12.2. The first kappa shape index (κ1) is 15.7. The number of amides is 1. The Morgan fingerprint density at radius 2 is 1.91 bits per heavy atom. The summed E-state index contributed by atoms with van der Waals surface area (Å²) in [6, 6.07) is 15.7. The molecule has 2 aromatic rings. The van der Waals surface area contributed by atoms with Gasteiger partial charge in [-0.2, -0.15) is 0 Å². The highest BCUT2D eigenvalue weighted by Gasteiger charge is 2.24. The van der Waals surface area contributed by atoms with Crippen LogP contribution >= 0.6 is 0 Å². The largest absolute Gasteiger partial charge is 0.390 e. The van der Waals surface area contributed by atoms with Crippen LogP contribution in [0.4, 0.5) is 0 Å². The van der Waals surface area contributed by atoms with Crippen molar-refractivity contribution >= 4 is 5.91 Å². The lowest BCUT2D eigenvalue weighted by atomic mass is 9.93. The highest BCUT2D eigenvalue weighted by Crippen LogP contribution is 2.17. The van der Waals surface area contributed by atoms with E-state index in [1.165, 1.54) is 11.1 Å². The molecule has 2 aromatic carbocycles. The van der Waals surface area contributed by atoms with Crippen LogP contribution in [0, 0.1) is 6.92 Å². The third kappa shape index (κ3) is 3.60. The van der Waals surface area contributed by atoms with Gasteiger partial charge in [0.1, 0.15) is 0 Å². The summed E-state index contributed by atoms with van der Waals surface area (Å²) in [5, 5.41) is 16.6. The van der Waals surface area contributed by atoms with Gasteiger partial charge in [0.05, 0.1) is 6.10 Å². The normalized spacial score (nSPS) is 18.1. The number of nitrogens with one attached hydrogen (secondary N) is 2. The quantitative estimate of drug-likeness (QED) is 0.807. The molecule has 23 heavy (non-hydrogen) atoms. The Morgan fingerprint density at radius 3 is 2.70 bits per heavy atom. The lowest BCUT2D eigenvalue weighted by Crippen LogP contribution is -2.49. The lowest BCUT2D eigenvalue weighted by molar-refractivity contribution is 0.0869. The van der Waals surface area contributed by atoms with E-state index in [2.05, 4.69) is 22.8 Å². The summed E-state index contributed by atoms with van der Waals surface area (Å²) in [5.74, 6) is -0.140. The molecule has 0 aromatic heterocycles. The number of fused-ring (bicyclic) bond motifs is 1. The van der Waals surface area contributed by atoms with Gasteiger partial charge in [-0.05, 0) is 36.1 Å². The Labute approximate surface area is 136 Å². The third-order valence-corrected chi connectivity index (χ3v) is 4.44. The minimum atomic E-state index is -0.615. The Balaban J connectivity index is 1.57. The summed E-state index contributed by atoms with van der Waals surface area (Å²) in [6.07, 6.45) is 0.161. The molecule has 1 amide bonds. The molecule has 3 rings (SSSR count). The molecule has 0 aliphatic carbocycles. The number of rotatable bonds is 4. The van der Waals surface area contributed by atoms with Crippen molar-refractivity contribution in [3.63, 3.8) is 0 Å². The van der Waals surface area contributed by atoms with Gasteiger partial charge >= 0.3 is 0 Å². The molecule has 2 atom stereocenters. The van der Waals surface area contributed by atoms with E-state index in [0.717, 1.165) is 18.5 Å². The summed E-state index contributed by atoms with van der Waals surface area (Å²) >= 11 is 0. The Bertz CT molecular complexity index is 699. The smallest absolute Gasteiger partial charge is 0.251 e. The summed E-state index contributed by atoms with van der Waals surface area (Å²) in [6.45, 7) is 2.90. The van der Waals surface area contributed by atoms with Gasteiger partial charge in [-0.3, -0.25) is 4.79 Å². The molecule has 1 unspecified atom stereocenters. The first-order chi connectivity index (χ1) is 11.1. The predicted octanol–water partition coefficient (Wildman–Crippen LogP) is 1.80. The van der Waals surface area contributed by atoms with Crippen molar-refractivity contribution in [1.29, 1.82) is 0 Å². The molecule has 4 heteroatoms. The van der Waals surface area contributed by atoms with E-state index < -0.39 is 6.10 Å². The van der Waals surface area contributed by atoms with Gasteiger partial charge in [-0.15, -0.1) is 0 Å². The molecule has 0 spiro atoms. The molecule has 1 aliphatic heterocycles. The van der Waals surface area contributed by atoms with E-state index >= 15 is 0 Å². The second-order valence-corrected chi connectivity index (χ2v) is 6.05. The number of aryl methyl sites for hydroxylation is 1. The van der Waals surface area contributed by atoms with E-state index in [9.17, 15) is 9.90 Å². The van der Waals surface area contributed by atoms with Crippen molar-refractivity contribution in [3.05, 3.63) is 70.8 Å². The molecule has 120 valence electrons. The number of benzene rings is 2. The molecule has 0 radical (unpaired) electrons. The molecule has 3 N–H and O–H groups in total. The van der Waals surface area contributed by atoms with Crippen molar-refractivity contribution in [2.75, 3.05) is 6.54 Å². The summed E-state index contributed by atoms with van der Waals surface area (Å²) in [7, 11) is 0. The molecule has 0 saturated heterocycles. The monoisotopic (exact) mass is 310 g/mol. The number of hydrogen-bond donors (Lipinski definition) is 3. The molecule has 0 fully saturated rings. The second kappa shape index (κ2) is 6.94.